The molecule has 3 aromatic carbocycles. The highest BCUT2D eigenvalue weighted by Gasteiger charge is 2.58. The molecule has 1 amide bonds. The molecule has 0 radical (unpaired) electrons. The molecule has 4 atom stereocenters. The molecule has 53 heavy (non-hydrogen) atoms. The van der Waals surface area contributed by atoms with Crippen molar-refractivity contribution in [2.24, 2.45) is 5.92 Å². The predicted molar refractivity (Wildman–Crippen MR) is 205 cm³/mol. The van der Waals surface area contributed by atoms with Crippen molar-refractivity contribution in [1.82, 2.24) is 19.5 Å². The van der Waals surface area contributed by atoms with Gasteiger partial charge in [0.2, 0.25) is 11.9 Å². The summed E-state index contributed by atoms with van der Waals surface area (Å²) in [5.41, 5.74) is -0.480. The Labute approximate surface area is 314 Å². The second kappa shape index (κ2) is 15.0. The SMILES string of the molecule is CC(C)C(=O)Nc1nc2c(ncn2[C@@H]2O[C@H](CO[Si](c3ccccc3)(c3ccccc3)C(C)(C)C)[C@](O)(Br)[C@H]2OCc2ccccc2[N+](=O)[O-])c(=O)[nH]1. The number of carbonyl (C=O) groups excluding carboxylic acids is 1. The molecule has 0 unspecified atom stereocenters. The lowest BCUT2D eigenvalue weighted by Crippen LogP contribution is -2.67. The van der Waals surface area contributed by atoms with Crippen molar-refractivity contribution in [1.29, 1.82) is 0 Å². The van der Waals surface area contributed by atoms with Crippen LogP contribution >= 0.6 is 15.9 Å². The number of ether oxygens (including phenoxy) is 2. The number of carbonyl (C=O) groups is 1. The number of fused-ring (bicyclic) bond motifs is 1. The Kier molecular flexibility index (Phi) is 10.8. The molecule has 14 nitrogen and oxygen atoms in total. The quantitative estimate of drug-likeness (QED) is 0.0688. The lowest BCUT2D eigenvalue weighted by atomic mass is 10.1. The summed E-state index contributed by atoms with van der Waals surface area (Å²) in [5.74, 6) is -0.852. The highest BCUT2D eigenvalue weighted by Crippen LogP contribution is 2.46. The van der Waals surface area contributed by atoms with E-state index in [1.54, 1.807) is 32.0 Å². The Balaban J connectivity index is 1.42. The van der Waals surface area contributed by atoms with Gasteiger partial charge in [0.1, 0.15) is 12.2 Å². The van der Waals surface area contributed by atoms with Gasteiger partial charge in [0.05, 0.1) is 30.0 Å². The normalized spacial score (nSPS) is 20.6. The molecule has 1 aliphatic rings. The summed E-state index contributed by atoms with van der Waals surface area (Å²) in [6.07, 6.45) is -2.17. The summed E-state index contributed by atoms with van der Waals surface area (Å²) < 4.78 is 19.6. The molecule has 0 bridgehead atoms. The number of aromatic nitrogens is 4. The van der Waals surface area contributed by atoms with Crippen LogP contribution in [0, 0.1) is 16.0 Å². The van der Waals surface area contributed by atoms with Gasteiger partial charge in [-0.2, -0.15) is 4.98 Å². The van der Waals surface area contributed by atoms with E-state index in [2.05, 4.69) is 81.2 Å². The van der Waals surface area contributed by atoms with E-state index < -0.39 is 47.7 Å². The first-order valence-electron chi connectivity index (χ1n) is 17.1. The van der Waals surface area contributed by atoms with Gasteiger partial charge in [-0.25, -0.2) is 4.98 Å². The Morgan fingerprint density at radius 1 is 1.09 bits per heavy atom. The number of para-hydroxylation sites is 1. The number of amides is 1. The van der Waals surface area contributed by atoms with E-state index in [1.165, 1.54) is 17.0 Å². The topological polar surface area (TPSA) is 184 Å². The third-order valence-electron chi connectivity index (χ3n) is 9.36. The number of benzene rings is 3. The molecule has 6 rings (SSSR count). The maximum atomic E-state index is 13.1. The van der Waals surface area contributed by atoms with Gasteiger partial charge in [-0.05, 0) is 37.4 Å². The average Bonchev–Trinajstić information content (AvgIpc) is 3.65. The van der Waals surface area contributed by atoms with Gasteiger partial charge in [0.15, 0.2) is 21.9 Å². The number of rotatable bonds is 12. The Morgan fingerprint density at radius 3 is 2.28 bits per heavy atom. The van der Waals surface area contributed by atoms with Crippen LogP contribution in [-0.2, 0) is 25.3 Å². The summed E-state index contributed by atoms with van der Waals surface area (Å²) in [6, 6.07) is 26.2. The zero-order valence-electron chi connectivity index (χ0n) is 29.9. The number of nitro groups is 1. The fourth-order valence-corrected chi connectivity index (χ4v) is 11.8. The first-order valence-corrected chi connectivity index (χ1v) is 19.8. The van der Waals surface area contributed by atoms with E-state index >= 15 is 0 Å². The molecule has 1 aliphatic heterocycles. The minimum atomic E-state index is -3.11. The van der Waals surface area contributed by atoms with Crippen LogP contribution in [-0.4, -0.2) is 67.1 Å². The minimum absolute atomic E-state index is 0.0429. The number of hydrogen-bond donors (Lipinski definition) is 3. The number of nitrogens with one attached hydrogen (secondary N) is 2. The molecule has 3 N–H and O–H groups in total. The van der Waals surface area contributed by atoms with Crippen LogP contribution in [0.1, 0.15) is 46.4 Å². The van der Waals surface area contributed by atoms with Crippen LogP contribution in [0.4, 0.5) is 11.6 Å². The molecule has 1 fully saturated rings. The number of aliphatic hydroxyl groups is 1. The maximum Gasteiger partial charge on any atom is 0.280 e. The van der Waals surface area contributed by atoms with Crippen LogP contribution in [0.5, 0.6) is 0 Å². The molecule has 1 saturated heterocycles. The molecule has 278 valence electrons. The molecular weight excluding hydrogens is 764 g/mol. The van der Waals surface area contributed by atoms with E-state index in [9.17, 15) is 24.8 Å². The van der Waals surface area contributed by atoms with Crippen molar-refractivity contribution in [2.75, 3.05) is 11.9 Å². The number of nitrogens with zero attached hydrogens (tertiary/aromatic N) is 4. The van der Waals surface area contributed by atoms with E-state index in [1.807, 2.05) is 36.4 Å². The van der Waals surface area contributed by atoms with E-state index in [0.717, 1.165) is 10.4 Å². The lowest BCUT2D eigenvalue weighted by Gasteiger charge is -2.44. The van der Waals surface area contributed by atoms with Gasteiger partial charge in [-0.3, -0.25) is 34.6 Å². The fraction of sp³-hybridized carbons (Fsp3) is 0.351. The van der Waals surface area contributed by atoms with Gasteiger partial charge >= 0.3 is 0 Å². The third-order valence-corrected chi connectivity index (χ3v) is 15.3. The zero-order chi connectivity index (χ0) is 38.1. The summed E-state index contributed by atoms with van der Waals surface area (Å²) in [5, 5.41) is 28.4. The third kappa shape index (κ3) is 7.34. The van der Waals surface area contributed by atoms with Crippen molar-refractivity contribution < 1.29 is 28.7 Å². The molecule has 0 spiro atoms. The zero-order valence-corrected chi connectivity index (χ0v) is 32.4. The number of halogens is 1. The van der Waals surface area contributed by atoms with Gasteiger partial charge in [0, 0.05) is 12.0 Å². The second-order valence-electron chi connectivity index (χ2n) is 14.2. The van der Waals surface area contributed by atoms with Crippen LogP contribution in [0.2, 0.25) is 5.04 Å². The van der Waals surface area contributed by atoms with E-state index in [4.69, 9.17) is 13.9 Å². The van der Waals surface area contributed by atoms with Gasteiger partial charge in [-0.15, -0.1) is 0 Å². The maximum absolute atomic E-state index is 13.1. The number of hydrogen-bond acceptors (Lipinski definition) is 10. The number of nitro benzene ring substituents is 1. The van der Waals surface area contributed by atoms with E-state index in [0.29, 0.717) is 0 Å². The van der Waals surface area contributed by atoms with Crippen LogP contribution in [0.25, 0.3) is 11.2 Å². The molecule has 0 saturated carbocycles. The molecular formula is C37H41BrN6O8Si. The second-order valence-corrected chi connectivity index (χ2v) is 19.8. The fourth-order valence-electron chi connectivity index (χ4n) is 6.67. The smallest absolute Gasteiger partial charge is 0.280 e. The lowest BCUT2D eigenvalue weighted by molar-refractivity contribution is -0.386. The molecule has 5 aromatic rings. The van der Waals surface area contributed by atoms with Crippen molar-refractivity contribution in [2.45, 2.75) is 69.2 Å². The van der Waals surface area contributed by atoms with Gasteiger partial charge < -0.3 is 19.0 Å². The first-order chi connectivity index (χ1) is 25.1. The predicted octanol–water partition coefficient (Wildman–Crippen LogP) is 4.77. The van der Waals surface area contributed by atoms with Gasteiger partial charge in [0.25, 0.3) is 19.6 Å². The Morgan fingerprint density at radius 2 is 1.70 bits per heavy atom. The average molecular weight is 806 g/mol. The number of aromatic amines is 1. The van der Waals surface area contributed by atoms with Crippen molar-refractivity contribution in [3.05, 3.63) is 117 Å². The van der Waals surface area contributed by atoms with Crippen LogP contribution in [0.3, 0.4) is 0 Å². The molecule has 16 heteroatoms. The first kappa shape index (κ1) is 38.2. The number of imidazole rings is 1. The Bertz CT molecular complexity index is 2120. The van der Waals surface area contributed by atoms with Crippen molar-refractivity contribution in [3.63, 3.8) is 0 Å². The minimum Gasteiger partial charge on any atom is -0.405 e. The number of H-pyrrole nitrogens is 1. The summed E-state index contributed by atoms with van der Waals surface area (Å²) in [7, 11) is -3.11. The van der Waals surface area contributed by atoms with E-state index in [-0.39, 0.29) is 52.5 Å². The van der Waals surface area contributed by atoms with Crippen molar-refractivity contribution >= 4 is 63.3 Å². The van der Waals surface area contributed by atoms with Gasteiger partial charge in [-0.1, -0.05) is 107 Å². The number of alkyl halides is 1. The largest absolute Gasteiger partial charge is 0.405 e. The summed E-state index contributed by atoms with van der Waals surface area (Å²) >= 11 is 3.52. The summed E-state index contributed by atoms with van der Waals surface area (Å²) in [4.78, 5) is 48.3. The standard InChI is InChI=1S/C37H41BrN6O8Si/c1-23(2)32(45)41-35-40-31-29(33(46)42-35)39-22-43(31)34-30(50-20-24-14-12-13-19-27(24)44(48)49)37(38,47)28(52-34)21-51-53(36(3,4)5,25-15-8-6-9-16-25)26-17-10-7-11-18-26/h6-19,22-23,28,30,34,47H,20-21H2,1-5H3,(H2,40,41,42,45,46)/t28-,30+,34-,37-/m1/s1. The highest BCUT2D eigenvalue weighted by molar-refractivity contribution is 9.10. The highest BCUT2D eigenvalue weighted by atomic mass is 79.9. The molecule has 0 aliphatic carbocycles. The van der Waals surface area contributed by atoms with Crippen molar-refractivity contribution in [3.8, 4) is 0 Å². The summed E-state index contributed by atoms with van der Waals surface area (Å²) in [6.45, 7) is 9.43. The Hall–Kier alpha value is -4.58. The number of anilines is 1. The molecule has 2 aromatic heterocycles. The molecule has 3 heterocycles. The monoisotopic (exact) mass is 804 g/mol. The van der Waals surface area contributed by atoms with Crippen LogP contribution < -0.4 is 21.2 Å². The van der Waals surface area contributed by atoms with Crippen LogP contribution in [0.15, 0.2) is 96.1 Å².